The molecule has 1 heterocycles. The molecule has 2 rings (SSSR count). The van der Waals surface area contributed by atoms with E-state index in [0.29, 0.717) is 6.04 Å². The van der Waals surface area contributed by atoms with E-state index in [0.717, 1.165) is 13.1 Å². The van der Waals surface area contributed by atoms with E-state index in [4.69, 9.17) is 0 Å². The highest BCUT2D eigenvalue weighted by molar-refractivity contribution is 5.79. The van der Waals surface area contributed by atoms with Crippen LogP contribution in [0.2, 0.25) is 0 Å². The molecule has 0 N–H and O–H groups in total. The van der Waals surface area contributed by atoms with Crippen molar-refractivity contribution >= 4 is 5.57 Å². The van der Waals surface area contributed by atoms with Crippen LogP contribution in [0.3, 0.4) is 0 Å². The van der Waals surface area contributed by atoms with Crippen molar-refractivity contribution in [2.75, 3.05) is 13.1 Å². The topological polar surface area (TPSA) is 3.24 Å². The van der Waals surface area contributed by atoms with Gasteiger partial charge in [-0.15, -0.1) is 0 Å². The molecule has 106 valence electrons. The molecule has 0 saturated heterocycles. The van der Waals surface area contributed by atoms with E-state index in [1.54, 1.807) is 0 Å². The lowest BCUT2D eigenvalue weighted by Crippen LogP contribution is -2.40. The Morgan fingerprint density at radius 1 is 1.30 bits per heavy atom. The minimum absolute atomic E-state index is 0.419. The summed E-state index contributed by atoms with van der Waals surface area (Å²) in [6.07, 6.45) is 4.44. The van der Waals surface area contributed by atoms with E-state index in [2.05, 4.69) is 62.2 Å². The van der Waals surface area contributed by atoms with E-state index >= 15 is 0 Å². The highest BCUT2D eigenvalue weighted by Gasteiger charge is 2.27. The highest BCUT2D eigenvalue weighted by atomic mass is 15.2. The molecule has 1 aromatic carbocycles. The molecule has 0 radical (unpaired) electrons. The maximum atomic E-state index is 4.26. The van der Waals surface area contributed by atoms with Gasteiger partial charge in [0, 0.05) is 12.6 Å². The van der Waals surface area contributed by atoms with Gasteiger partial charge in [-0.2, -0.15) is 0 Å². The second kappa shape index (κ2) is 6.71. The Balaban J connectivity index is 2.41. The molecule has 0 aliphatic carbocycles. The van der Waals surface area contributed by atoms with Gasteiger partial charge in [0.1, 0.15) is 0 Å². The summed E-state index contributed by atoms with van der Waals surface area (Å²) >= 11 is 0. The number of unbranched alkanes of at least 4 members (excludes halogenated alkanes) is 1. The fourth-order valence-corrected chi connectivity index (χ4v) is 2.97. The molecular weight excluding hydrogens is 242 g/mol. The maximum absolute atomic E-state index is 4.26. The minimum atomic E-state index is 0.419. The monoisotopic (exact) mass is 267 g/mol. The van der Waals surface area contributed by atoms with Gasteiger partial charge >= 0.3 is 0 Å². The van der Waals surface area contributed by atoms with Crippen molar-refractivity contribution in [3.63, 3.8) is 0 Å². The van der Waals surface area contributed by atoms with E-state index < -0.39 is 0 Å². The van der Waals surface area contributed by atoms with E-state index in [1.165, 1.54) is 35.1 Å². The zero-order valence-corrected chi connectivity index (χ0v) is 12.7. The van der Waals surface area contributed by atoms with Crippen LogP contribution in [0.4, 0.5) is 0 Å². The number of benzene rings is 1. The number of rotatable bonds is 5. The summed E-state index contributed by atoms with van der Waals surface area (Å²) in [6.45, 7) is 14.9. The standard InChI is InChI=1S/C19H25N/c1-5-7-13-20-14-15(3)18(6-2)19(16(20)4)17-11-9-8-10-12-17/h6,8-12,16H,2-3,5,7,13-14H2,1,4H3. The average Bonchev–Trinajstić information content (AvgIpc) is 2.48. The smallest absolute Gasteiger partial charge is 0.0335 e. The number of allylic oxidation sites excluding steroid dienone is 1. The lowest BCUT2D eigenvalue weighted by molar-refractivity contribution is 0.258. The van der Waals surface area contributed by atoms with E-state index in [1.807, 2.05) is 6.08 Å². The van der Waals surface area contributed by atoms with E-state index in [-0.39, 0.29) is 0 Å². The first-order valence-corrected chi connectivity index (χ1v) is 7.53. The molecule has 1 aliphatic heterocycles. The van der Waals surface area contributed by atoms with Crippen molar-refractivity contribution in [1.29, 1.82) is 0 Å². The lowest BCUT2D eigenvalue weighted by atomic mass is 9.86. The molecule has 0 fully saturated rings. The fourth-order valence-electron chi connectivity index (χ4n) is 2.97. The van der Waals surface area contributed by atoms with Crippen molar-refractivity contribution in [3.8, 4) is 0 Å². The highest BCUT2D eigenvalue weighted by Crippen LogP contribution is 2.34. The van der Waals surface area contributed by atoms with Gasteiger partial charge in [-0.1, -0.05) is 62.9 Å². The summed E-state index contributed by atoms with van der Waals surface area (Å²) in [5, 5.41) is 0. The van der Waals surface area contributed by atoms with Crippen molar-refractivity contribution in [2.24, 2.45) is 0 Å². The average molecular weight is 267 g/mol. The molecule has 1 nitrogen and oxygen atoms in total. The van der Waals surface area contributed by atoms with Crippen LogP contribution in [0, 0.1) is 0 Å². The lowest BCUT2D eigenvalue weighted by Gasteiger charge is -2.38. The van der Waals surface area contributed by atoms with Crippen LogP contribution < -0.4 is 0 Å². The van der Waals surface area contributed by atoms with Gasteiger partial charge in [-0.3, -0.25) is 4.90 Å². The van der Waals surface area contributed by atoms with Crippen LogP contribution in [-0.4, -0.2) is 24.0 Å². The second-order valence-electron chi connectivity index (χ2n) is 5.50. The molecule has 1 aromatic rings. The Kier molecular flexibility index (Phi) is 4.97. The quantitative estimate of drug-likeness (QED) is 0.748. The Morgan fingerprint density at radius 3 is 2.60 bits per heavy atom. The second-order valence-corrected chi connectivity index (χ2v) is 5.50. The third kappa shape index (κ3) is 2.94. The minimum Gasteiger partial charge on any atom is -0.292 e. The molecule has 20 heavy (non-hydrogen) atoms. The Labute approximate surface area is 123 Å². The molecule has 0 amide bonds. The van der Waals surface area contributed by atoms with Gasteiger partial charge in [0.05, 0.1) is 0 Å². The zero-order valence-electron chi connectivity index (χ0n) is 12.7. The molecule has 0 bridgehead atoms. The van der Waals surface area contributed by atoms with Crippen LogP contribution in [0.1, 0.15) is 32.3 Å². The van der Waals surface area contributed by atoms with Gasteiger partial charge in [0.25, 0.3) is 0 Å². The van der Waals surface area contributed by atoms with Crippen molar-refractivity contribution in [1.82, 2.24) is 4.90 Å². The van der Waals surface area contributed by atoms with Gasteiger partial charge in [-0.05, 0) is 42.2 Å². The molecule has 1 atom stereocenters. The van der Waals surface area contributed by atoms with Crippen LogP contribution in [0.5, 0.6) is 0 Å². The van der Waals surface area contributed by atoms with Gasteiger partial charge in [0.15, 0.2) is 0 Å². The molecule has 0 saturated carbocycles. The van der Waals surface area contributed by atoms with Gasteiger partial charge in [-0.25, -0.2) is 0 Å². The fraction of sp³-hybridized carbons (Fsp3) is 0.368. The summed E-state index contributed by atoms with van der Waals surface area (Å²) in [5.41, 5.74) is 5.08. The zero-order chi connectivity index (χ0) is 14.5. The normalized spacial score (nSPS) is 20.3. The van der Waals surface area contributed by atoms with Crippen LogP contribution >= 0.6 is 0 Å². The van der Waals surface area contributed by atoms with Crippen LogP contribution in [0.15, 0.2) is 60.7 Å². The molecule has 1 heteroatoms. The van der Waals surface area contributed by atoms with Crippen molar-refractivity contribution in [2.45, 2.75) is 32.7 Å². The first kappa shape index (κ1) is 14.8. The van der Waals surface area contributed by atoms with Gasteiger partial charge < -0.3 is 0 Å². The first-order valence-electron chi connectivity index (χ1n) is 7.53. The maximum Gasteiger partial charge on any atom is 0.0335 e. The summed E-state index contributed by atoms with van der Waals surface area (Å²) in [4.78, 5) is 2.53. The molecule has 0 spiro atoms. The Hall–Kier alpha value is -1.60. The molecule has 1 unspecified atom stereocenters. The predicted octanol–water partition coefficient (Wildman–Crippen LogP) is 4.69. The Morgan fingerprint density at radius 2 is 2.00 bits per heavy atom. The SMILES string of the molecule is C=CC1=C(c2ccccc2)C(C)N(CCCC)CC1=C. The molecular formula is C19H25N. The van der Waals surface area contributed by atoms with Crippen LogP contribution in [-0.2, 0) is 0 Å². The van der Waals surface area contributed by atoms with Crippen molar-refractivity contribution in [3.05, 3.63) is 66.3 Å². The third-order valence-corrected chi connectivity index (χ3v) is 4.12. The third-order valence-electron chi connectivity index (χ3n) is 4.12. The van der Waals surface area contributed by atoms with Crippen molar-refractivity contribution < 1.29 is 0 Å². The summed E-state index contributed by atoms with van der Waals surface area (Å²) in [5.74, 6) is 0. The predicted molar refractivity (Wildman–Crippen MR) is 88.6 cm³/mol. The summed E-state index contributed by atoms with van der Waals surface area (Å²) in [7, 11) is 0. The van der Waals surface area contributed by atoms with Crippen LogP contribution in [0.25, 0.3) is 5.57 Å². The molecule has 1 aliphatic rings. The first-order chi connectivity index (χ1) is 9.69. The molecule has 0 aromatic heterocycles. The number of nitrogens with zero attached hydrogens (tertiary/aromatic N) is 1. The van der Waals surface area contributed by atoms with E-state index in [9.17, 15) is 0 Å². The Bertz CT molecular complexity index is 510. The summed E-state index contributed by atoms with van der Waals surface area (Å²) in [6, 6.07) is 11.1. The number of hydrogen-bond donors (Lipinski definition) is 0. The number of hydrogen-bond acceptors (Lipinski definition) is 1. The van der Waals surface area contributed by atoms with Gasteiger partial charge in [0.2, 0.25) is 0 Å². The largest absolute Gasteiger partial charge is 0.292 e. The summed E-state index contributed by atoms with van der Waals surface area (Å²) < 4.78 is 0.